The van der Waals surface area contributed by atoms with Crippen molar-refractivity contribution in [1.29, 1.82) is 0 Å². The third-order valence-electron chi connectivity index (χ3n) is 5.01. The third kappa shape index (κ3) is 4.57. The molecule has 0 radical (unpaired) electrons. The lowest BCUT2D eigenvalue weighted by Crippen LogP contribution is -2.40. The van der Waals surface area contributed by atoms with E-state index >= 15 is 0 Å². The second-order valence-corrected chi connectivity index (χ2v) is 7.02. The van der Waals surface area contributed by atoms with Gasteiger partial charge < -0.3 is 10.4 Å². The molecule has 1 atom stereocenters. The van der Waals surface area contributed by atoms with Crippen LogP contribution in [0.2, 0.25) is 0 Å². The molecule has 1 aromatic carbocycles. The van der Waals surface area contributed by atoms with Crippen LogP contribution >= 0.6 is 0 Å². The summed E-state index contributed by atoms with van der Waals surface area (Å²) in [6.07, 6.45) is 3.16. The zero-order valence-corrected chi connectivity index (χ0v) is 14.8. The molecule has 1 amide bonds. The van der Waals surface area contributed by atoms with Gasteiger partial charge in [0, 0.05) is 6.54 Å². The second kappa shape index (κ2) is 8.29. The normalized spacial score (nSPS) is 22.2. The van der Waals surface area contributed by atoms with Crippen molar-refractivity contribution in [2.45, 2.75) is 38.6 Å². The molecule has 1 aromatic rings. The van der Waals surface area contributed by atoms with Crippen LogP contribution < -0.4 is 5.32 Å². The molecule has 132 valence electrons. The average molecular weight is 332 g/mol. The minimum atomic E-state index is -0.690. The summed E-state index contributed by atoms with van der Waals surface area (Å²) in [5.41, 5.74) is 2.13. The monoisotopic (exact) mass is 332 g/mol. The predicted molar refractivity (Wildman–Crippen MR) is 93.7 cm³/mol. The molecular weight excluding hydrogens is 304 g/mol. The quantitative estimate of drug-likeness (QED) is 0.840. The fraction of sp³-hybridized carbons (Fsp3) is 0.579. The van der Waals surface area contributed by atoms with Gasteiger partial charge in [-0.15, -0.1) is 0 Å². The Morgan fingerprint density at radius 2 is 1.83 bits per heavy atom. The molecule has 0 unspecified atom stereocenters. The lowest BCUT2D eigenvalue weighted by atomic mass is 9.82. The Morgan fingerprint density at radius 1 is 1.21 bits per heavy atom. The number of aliphatic carboxylic acids is 1. The molecule has 1 saturated carbocycles. The van der Waals surface area contributed by atoms with Crippen LogP contribution in [0.15, 0.2) is 24.3 Å². The van der Waals surface area contributed by atoms with Crippen LogP contribution in [0, 0.1) is 18.8 Å². The van der Waals surface area contributed by atoms with E-state index in [1.807, 2.05) is 50.2 Å². The van der Waals surface area contributed by atoms with E-state index in [1.165, 1.54) is 0 Å². The molecular formula is C19H28N2O3. The number of nitrogens with one attached hydrogen (secondary N) is 1. The fourth-order valence-electron chi connectivity index (χ4n) is 3.50. The maximum Gasteiger partial charge on any atom is 0.306 e. The lowest BCUT2D eigenvalue weighted by Gasteiger charge is -2.29. The number of benzene rings is 1. The Morgan fingerprint density at radius 3 is 2.38 bits per heavy atom. The van der Waals surface area contributed by atoms with Crippen molar-refractivity contribution in [2.24, 2.45) is 11.8 Å². The molecule has 0 spiro atoms. The molecule has 2 N–H and O–H groups in total. The molecule has 5 nitrogen and oxygen atoms in total. The first kappa shape index (κ1) is 18.5. The van der Waals surface area contributed by atoms with Gasteiger partial charge in [-0.3, -0.25) is 14.5 Å². The number of carbonyl (C=O) groups is 2. The second-order valence-electron chi connectivity index (χ2n) is 7.02. The number of likely N-dealkylation sites (N-methyl/N-ethyl adjacent to an activating group) is 1. The van der Waals surface area contributed by atoms with Gasteiger partial charge in [-0.2, -0.15) is 0 Å². The molecule has 0 bridgehead atoms. The number of aryl methyl sites for hydroxylation is 1. The molecule has 1 fully saturated rings. The zero-order valence-electron chi connectivity index (χ0n) is 14.8. The molecule has 0 saturated heterocycles. The van der Waals surface area contributed by atoms with Crippen LogP contribution in [0.25, 0.3) is 0 Å². The third-order valence-corrected chi connectivity index (χ3v) is 5.01. The average Bonchev–Trinajstić information content (AvgIpc) is 2.55. The Balaban J connectivity index is 1.93. The summed E-state index contributed by atoms with van der Waals surface area (Å²) in [6, 6.07) is 7.65. The molecule has 0 aromatic heterocycles. The number of hydrogen-bond acceptors (Lipinski definition) is 3. The highest BCUT2D eigenvalue weighted by Crippen LogP contribution is 2.29. The smallest absolute Gasteiger partial charge is 0.306 e. The maximum atomic E-state index is 12.7. The Bertz CT molecular complexity index is 578. The first-order chi connectivity index (χ1) is 11.4. The fourth-order valence-corrected chi connectivity index (χ4v) is 3.50. The molecule has 5 heteroatoms. The SMILES string of the molecule is Cc1ccccc1[C@H](C(=O)NCC1CCC(C(=O)O)CC1)N(C)C. The highest BCUT2D eigenvalue weighted by atomic mass is 16.4. The van der Waals surface area contributed by atoms with Crippen LogP contribution in [0.4, 0.5) is 0 Å². The van der Waals surface area contributed by atoms with Crippen LogP contribution in [-0.4, -0.2) is 42.5 Å². The molecule has 2 rings (SSSR count). The number of carboxylic acids is 1. The predicted octanol–water partition coefficient (Wildman–Crippen LogP) is 2.60. The largest absolute Gasteiger partial charge is 0.481 e. The zero-order chi connectivity index (χ0) is 17.7. The van der Waals surface area contributed by atoms with E-state index in [0.29, 0.717) is 25.3 Å². The number of hydrogen-bond donors (Lipinski definition) is 2. The highest BCUT2D eigenvalue weighted by Gasteiger charge is 2.28. The summed E-state index contributed by atoms with van der Waals surface area (Å²) < 4.78 is 0. The summed E-state index contributed by atoms with van der Waals surface area (Å²) in [5, 5.41) is 12.1. The summed E-state index contributed by atoms with van der Waals surface area (Å²) in [4.78, 5) is 25.6. The van der Waals surface area contributed by atoms with Gasteiger partial charge >= 0.3 is 5.97 Å². The van der Waals surface area contributed by atoms with E-state index in [9.17, 15) is 9.59 Å². The van der Waals surface area contributed by atoms with Gasteiger partial charge in [0.25, 0.3) is 0 Å². The molecule has 24 heavy (non-hydrogen) atoms. The van der Waals surface area contributed by atoms with Crippen molar-refractivity contribution >= 4 is 11.9 Å². The minimum Gasteiger partial charge on any atom is -0.481 e. The number of carbonyl (C=O) groups excluding carboxylic acids is 1. The van der Waals surface area contributed by atoms with Crippen LogP contribution in [0.3, 0.4) is 0 Å². The molecule has 0 aliphatic heterocycles. The standard InChI is InChI=1S/C19H28N2O3/c1-13-6-4-5-7-16(13)17(21(2)3)18(22)20-12-14-8-10-15(11-9-14)19(23)24/h4-7,14-15,17H,8-12H2,1-3H3,(H,20,22)(H,23,24)/t14?,15?,17-/m1/s1. The van der Waals surface area contributed by atoms with Crippen LogP contribution in [0.1, 0.15) is 42.9 Å². The number of carboxylic acid groups (broad SMARTS) is 1. The van der Waals surface area contributed by atoms with Crippen molar-refractivity contribution in [3.63, 3.8) is 0 Å². The van der Waals surface area contributed by atoms with Gasteiger partial charge in [0.1, 0.15) is 6.04 Å². The van der Waals surface area contributed by atoms with Gasteiger partial charge in [-0.05, 0) is 63.7 Å². The Hall–Kier alpha value is -1.88. The highest BCUT2D eigenvalue weighted by molar-refractivity contribution is 5.83. The van der Waals surface area contributed by atoms with Gasteiger partial charge in [0.2, 0.25) is 5.91 Å². The van der Waals surface area contributed by atoms with Crippen molar-refractivity contribution in [3.8, 4) is 0 Å². The van der Waals surface area contributed by atoms with Crippen molar-refractivity contribution in [2.75, 3.05) is 20.6 Å². The van der Waals surface area contributed by atoms with Gasteiger partial charge in [0.15, 0.2) is 0 Å². The lowest BCUT2D eigenvalue weighted by molar-refractivity contribution is -0.143. The van der Waals surface area contributed by atoms with Crippen LogP contribution in [-0.2, 0) is 9.59 Å². The van der Waals surface area contributed by atoms with E-state index in [0.717, 1.165) is 24.0 Å². The topological polar surface area (TPSA) is 69.6 Å². The van der Waals surface area contributed by atoms with Gasteiger partial charge in [-0.1, -0.05) is 24.3 Å². The molecule has 1 aliphatic rings. The van der Waals surface area contributed by atoms with Crippen molar-refractivity contribution < 1.29 is 14.7 Å². The van der Waals surface area contributed by atoms with Gasteiger partial charge in [0.05, 0.1) is 5.92 Å². The van der Waals surface area contributed by atoms with E-state index in [-0.39, 0.29) is 17.9 Å². The van der Waals surface area contributed by atoms with Crippen molar-refractivity contribution in [3.05, 3.63) is 35.4 Å². The summed E-state index contributed by atoms with van der Waals surface area (Å²) >= 11 is 0. The minimum absolute atomic E-state index is 0.00894. The Kier molecular flexibility index (Phi) is 6.37. The first-order valence-electron chi connectivity index (χ1n) is 8.62. The first-order valence-corrected chi connectivity index (χ1v) is 8.62. The summed E-state index contributed by atoms with van der Waals surface area (Å²) in [6.45, 7) is 2.65. The van der Waals surface area contributed by atoms with E-state index in [4.69, 9.17) is 5.11 Å². The van der Waals surface area contributed by atoms with Gasteiger partial charge in [-0.25, -0.2) is 0 Å². The number of amides is 1. The summed E-state index contributed by atoms with van der Waals surface area (Å²) in [7, 11) is 3.82. The Labute approximate surface area is 144 Å². The van der Waals surface area contributed by atoms with Crippen molar-refractivity contribution in [1.82, 2.24) is 10.2 Å². The number of rotatable bonds is 6. The molecule has 0 heterocycles. The van der Waals surface area contributed by atoms with E-state index in [1.54, 1.807) is 0 Å². The van der Waals surface area contributed by atoms with E-state index in [2.05, 4.69) is 5.32 Å². The number of nitrogens with zero attached hydrogens (tertiary/aromatic N) is 1. The molecule has 1 aliphatic carbocycles. The summed E-state index contributed by atoms with van der Waals surface area (Å²) in [5.74, 6) is -0.512. The van der Waals surface area contributed by atoms with E-state index < -0.39 is 5.97 Å². The van der Waals surface area contributed by atoms with Crippen LogP contribution in [0.5, 0.6) is 0 Å². The maximum absolute atomic E-state index is 12.7.